The number of ether oxygens (including phenoxy) is 1. The Balaban J connectivity index is 1.35. The van der Waals surface area contributed by atoms with Gasteiger partial charge in [-0.2, -0.15) is 0 Å². The number of piperidine rings is 1. The van der Waals surface area contributed by atoms with Gasteiger partial charge in [-0.05, 0) is 67.3 Å². The van der Waals surface area contributed by atoms with Crippen LogP contribution in [-0.4, -0.2) is 37.0 Å². The third-order valence-corrected chi connectivity index (χ3v) is 6.14. The highest BCUT2D eigenvalue weighted by molar-refractivity contribution is 5.93. The Hall–Kier alpha value is -3.61. The third-order valence-electron chi connectivity index (χ3n) is 6.14. The molecular formula is C26H30N4O3. The molecule has 0 unspecified atom stereocenters. The average molecular weight is 447 g/mol. The Morgan fingerprint density at radius 3 is 2.48 bits per heavy atom. The van der Waals surface area contributed by atoms with E-state index in [1.54, 1.807) is 7.11 Å². The summed E-state index contributed by atoms with van der Waals surface area (Å²) in [6.07, 6.45) is 1.60. The molecule has 0 bridgehead atoms. The van der Waals surface area contributed by atoms with Crippen molar-refractivity contribution in [2.45, 2.75) is 33.2 Å². The Bertz CT molecular complexity index is 1150. The summed E-state index contributed by atoms with van der Waals surface area (Å²) < 4.78 is 5.17. The van der Waals surface area contributed by atoms with Crippen molar-refractivity contribution in [2.24, 2.45) is 5.92 Å². The first-order chi connectivity index (χ1) is 15.9. The van der Waals surface area contributed by atoms with Gasteiger partial charge in [-0.15, -0.1) is 0 Å². The van der Waals surface area contributed by atoms with Crippen molar-refractivity contribution in [1.82, 2.24) is 10.3 Å². The van der Waals surface area contributed by atoms with E-state index in [-0.39, 0.29) is 17.7 Å². The fourth-order valence-corrected chi connectivity index (χ4v) is 4.27. The zero-order chi connectivity index (χ0) is 23.4. The van der Waals surface area contributed by atoms with Crippen molar-refractivity contribution in [3.8, 4) is 5.75 Å². The largest absolute Gasteiger partial charge is 0.497 e. The monoisotopic (exact) mass is 446 g/mol. The normalized spacial score (nSPS) is 14.2. The molecule has 1 aliphatic heterocycles. The molecule has 1 aromatic heterocycles. The van der Waals surface area contributed by atoms with E-state index in [0.29, 0.717) is 6.54 Å². The lowest BCUT2D eigenvalue weighted by Crippen LogP contribution is -2.40. The number of aromatic nitrogens is 1. The van der Waals surface area contributed by atoms with E-state index in [1.807, 2.05) is 42.5 Å². The first-order valence-electron chi connectivity index (χ1n) is 11.3. The number of rotatable bonds is 6. The summed E-state index contributed by atoms with van der Waals surface area (Å²) in [6, 6.07) is 15.6. The molecule has 1 saturated heterocycles. The fraction of sp³-hybridized carbons (Fsp3) is 0.346. The van der Waals surface area contributed by atoms with Gasteiger partial charge in [0.2, 0.25) is 11.8 Å². The molecule has 2 aromatic carbocycles. The predicted octanol–water partition coefficient (Wildman–Crippen LogP) is 4.04. The second-order valence-electron chi connectivity index (χ2n) is 8.54. The Labute approximate surface area is 194 Å². The van der Waals surface area contributed by atoms with Crippen LogP contribution < -0.4 is 20.3 Å². The smallest absolute Gasteiger partial charge is 0.223 e. The highest BCUT2D eigenvalue weighted by atomic mass is 16.5. The Morgan fingerprint density at radius 2 is 1.82 bits per heavy atom. The zero-order valence-electron chi connectivity index (χ0n) is 19.4. The summed E-state index contributed by atoms with van der Waals surface area (Å²) in [5.41, 5.74) is 3.84. The van der Waals surface area contributed by atoms with Crippen LogP contribution in [0, 0.1) is 12.8 Å². The molecule has 2 amide bonds. The van der Waals surface area contributed by atoms with E-state index < -0.39 is 0 Å². The van der Waals surface area contributed by atoms with Crippen LogP contribution in [-0.2, 0) is 16.1 Å². The van der Waals surface area contributed by atoms with E-state index >= 15 is 0 Å². The zero-order valence-corrected chi connectivity index (χ0v) is 19.4. The van der Waals surface area contributed by atoms with E-state index in [1.165, 1.54) is 6.92 Å². The van der Waals surface area contributed by atoms with Crippen molar-refractivity contribution >= 4 is 34.2 Å². The van der Waals surface area contributed by atoms with E-state index in [2.05, 4.69) is 28.5 Å². The van der Waals surface area contributed by atoms with Crippen molar-refractivity contribution in [2.75, 3.05) is 30.4 Å². The van der Waals surface area contributed by atoms with Crippen LogP contribution in [0.4, 0.5) is 11.5 Å². The maximum Gasteiger partial charge on any atom is 0.223 e. The van der Waals surface area contributed by atoms with Gasteiger partial charge in [0.15, 0.2) is 0 Å². The Morgan fingerprint density at radius 1 is 1.09 bits per heavy atom. The second kappa shape index (κ2) is 9.90. The number of hydrogen-bond acceptors (Lipinski definition) is 5. The molecule has 0 aliphatic carbocycles. The molecule has 1 fully saturated rings. The number of fused-ring (bicyclic) bond motifs is 1. The van der Waals surface area contributed by atoms with Crippen LogP contribution in [0.15, 0.2) is 48.5 Å². The minimum Gasteiger partial charge on any atom is -0.497 e. The van der Waals surface area contributed by atoms with E-state index in [9.17, 15) is 9.59 Å². The summed E-state index contributed by atoms with van der Waals surface area (Å²) >= 11 is 0. The molecule has 33 heavy (non-hydrogen) atoms. The van der Waals surface area contributed by atoms with Gasteiger partial charge in [-0.25, -0.2) is 4.98 Å². The molecule has 172 valence electrons. The number of hydrogen-bond donors (Lipinski definition) is 2. The standard InChI is InChI=1S/C26H30N4O3/c1-17-14-25(29-24-9-6-21(15-23(17)24)28-18(2)31)30-12-10-20(11-13-30)26(32)27-16-19-4-7-22(33-3)8-5-19/h4-9,14-15,20H,10-13,16H2,1-3H3,(H,27,32)(H,28,31). The quantitative estimate of drug-likeness (QED) is 0.597. The predicted molar refractivity (Wildman–Crippen MR) is 131 cm³/mol. The minimum absolute atomic E-state index is 0.0151. The summed E-state index contributed by atoms with van der Waals surface area (Å²) in [5.74, 6) is 1.78. The van der Waals surface area contributed by atoms with Crippen LogP contribution in [0.1, 0.15) is 30.9 Å². The molecule has 3 aromatic rings. The first kappa shape index (κ1) is 22.6. The SMILES string of the molecule is COc1ccc(CNC(=O)C2CCN(c3cc(C)c4cc(NC(C)=O)ccc4n3)CC2)cc1. The van der Waals surface area contributed by atoms with Crippen LogP contribution in [0.2, 0.25) is 0 Å². The van der Waals surface area contributed by atoms with Crippen LogP contribution in [0.5, 0.6) is 5.75 Å². The first-order valence-corrected chi connectivity index (χ1v) is 11.3. The second-order valence-corrected chi connectivity index (χ2v) is 8.54. The Kier molecular flexibility index (Phi) is 6.77. The van der Waals surface area contributed by atoms with Gasteiger partial charge in [-0.1, -0.05) is 12.1 Å². The van der Waals surface area contributed by atoms with Gasteiger partial charge < -0.3 is 20.3 Å². The molecule has 0 atom stereocenters. The number of methoxy groups -OCH3 is 1. The number of carbonyl (C=O) groups is 2. The summed E-state index contributed by atoms with van der Waals surface area (Å²) in [6.45, 7) is 5.67. The average Bonchev–Trinajstić information content (AvgIpc) is 2.83. The van der Waals surface area contributed by atoms with Gasteiger partial charge in [0, 0.05) is 43.5 Å². The molecular weight excluding hydrogens is 416 g/mol. The third kappa shape index (κ3) is 5.42. The molecule has 0 saturated carbocycles. The topological polar surface area (TPSA) is 83.6 Å². The summed E-state index contributed by atoms with van der Waals surface area (Å²) in [5, 5.41) is 6.92. The van der Waals surface area contributed by atoms with Crippen LogP contribution in [0.25, 0.3) is 10.9 Å². The number of nitrogens with zero attached hydrogens (tertiary/aromatic N) is 2. The molecule has 7 heteroatoms. The highest BCUT2D eigenvalue weighted by Gasteiger charge is 2.25. The van der Waals surface area contributed by atoms with Gasteiger partial charge in [0.05, 0.1) is 12.6 Å². The van der Waals surface area contributed by atoms with Crippen LogP contribution >= 0.6 is 0 Å². The number of amides is 2. The van der Waals surface area contributed by atoms with Crippen molar-refractivity contribution in [3.05, 3.63) is 59.7 Å². The molecule has 0 spiro atoms. The summed E-state index contributed by atoms with van der Waals surface area (Å²) in [4.78, 5) is 31.1. The maximum absolute atomic E-state index is 12.7. The molecule has 4 rings (SSSR count). The van der Waals surface area contributed by atoms with Gasteiger partial charge >= 0.3 is 0 Å². The minimum atomic E-state index is -0.0903. The van der Waals surface area contributed by atoms with E-state index in [4.69, 9.17) is 9.72 Å². The molecule has 1 aliphatic rings. The number of carbonyl (C=O) groups excluding carboxylic acids is 2. The fourth-order valence-electron chi connectivity index (χ4n) is 4.27. The number of pyridine rings is 1. The number of aryl methyl sites for hydroxylation is 1. The van der Waals surface area contributed by atoms with Gasteiger partial charge in [0.25, 0.3) is 0 Å². The van der Waals surface area contributed by atoms with Gasteiger partial charge in [0.1, 0.15) is 11.6 Å². The van der Waals surface area contributed by atoms with Crippen LogP contribution in [0.3, 0.4) is 0 Å². The molecule has 0 radical (unpaired) electrons. The lowest BCUT2D eigenvalue weighted by atomic mass is 9.95. The lowest BCUT2D eigenvalue weighted by Gasteiger charge is -2.32. The highest BCUT2D eigenvalue weighted by Crippen LogP contribution is 2.28. The number of benzene rings is 2. The molecule has 7 nitrogen and oxygen atoms in total. The lowest BCUT2D eigenvalue weighted by molar-refractivity contribution is -0.125. The van der Waals surface area contributed by atoms with E-state index in [0.717, 1.165) is 65.2 Å². The molecule has 2 N–H and O–H groups in total. The maximum atomic E-state index is 12.7. The number of anilines is 2. The van der Waals surface area contributed by atoms with Crippen molar-refractivity contribution in [1.29, 1.82) is 0 Å². The van der Waals surface area contributed by atoms with Crippen molar-refractivity contribution in [3.63, 3.8) is 0 Å². The van der Waals surface area contributed by atoms with Gasteiger partial charge in [-0.3, -0.25) is 9.59 Å². The molecule has 2 heterocycles. The summed E-state index contributed by atoms with van der Waals surface area (Å²) in [7, 11) is 1.64. The number of nitrogens with one attached hydrogen (secondary N) is 2. The van der Waals surface area contributed by atoms with Crippen molar-refractivity contribution < 1.29 is 14.3 Å².